The lowest BCUT2D eigenvalue weighted by molar-refractivity contribution is -0.113. The number of nitrogens with one attached hydrogen (secondary N) is 2. The van der Waals surface area contributed by atoms with Gasteiger partial charge in [-0.1, -0.05) is 35.9 Å². The van der Waals surface area contributed by atoms with Crippen molar-refractivity contribution in [1.29, 1.82) is 0 Å². The molecule has 2 aromatic rings. The first-order valence-corrected chi connectivity index (χ1v) is 9.60. The number of thioether (sulfide) groups is 1. The maximum atomic E-state index is 12.1. The molecule has 2 amide bonds. The number of aryl methyl sites for hydroxylation is 1. The second-order valence-electron chi connectivity index (χ2n) is 6.36. The zero-order valence-corrected chi connectivity index (χ0v) is 15.1. The van der Waals surface area contributed by atoms with Crippen LogP contribution in [0.4, 0.5) is 5.69 Å². The van der Waals surface area contributed by atoms with Gasteiger partial charge in [-0.2, -0.15) is 0 Å². The van der Waals surface area contributed by atoms with E-state index in [1.807, 2.05) is 6.07 Å². The van der Waals surface area contributed by atoms with Gasteiger partial charge >= 0.3 is 0 Å². The van der Waals surface area contributed by atoms with Crippen LogP contribution in [-0.4, -0.2) is 23.6 Å². The van der Waals surface area contributed by atoms with Crippen LogP contribution in [0.15, 0.2) is 48.5 Å². The van der Waals surface area contributed by atoms with Gasteiger partial charge in [0.05, 0.1) is 5.75 Å². The summed E-state index contributed by atoms with van der Waals surface area (Å²) in [5.74, 6) is 1.05. The molecule has 0 spiro atoms. The van der Waals surface area contributed by atoms with Crippen molar-refractivity contribution in [2.75, 3.05) is 11.1 Å². The smallest absolute Gasteiger partial charge is 0.251 e. The standard InChI is InChI=1S/C20H22N2O2S/c1-14-4-2-5-15(10-14)12-25-13-19(23)21-18-7-3-6-16(11-18)20(24)22-17-8-9-17/h2-7,10-11,17H,8-9,12-13H2,1H3,(H,21,23)(H,22,24). The van der Waals surface area contributed by atoms with Crippen molar-refractivity contribution in [3.8, 4) is 0 Å². The molecule has 2 aromatic carbocycles. The molecule has 2 N–H and O–H groups in total. The van der Waals surface area contributed by atoms with E-state index in [1.54, 1.807) is 36.0 Å². The first-order valence-electron chi connectivity index (χ1n) is 8.44. The van der Waals surface area contributed by atoms with Crippen molar-refractivity contribution in [2.45, 2.75) is 31.6 Å². The van der Waals surface area contributed by atoms with E-state index in [2.05, 4.69) is 35.8 Å². The van der Waals surface area contributed by atoms with E-state index in [4.69, 9.17) is 0 Å². The third-order valence-corrected chi connectivity index (χ3v) is 4.91. The molecule has 1 aliphatic carbocycles. The number of carbonyl (C=O) groups excluding carboxylic acids is 2. The molecule has 4 nitrogen and oxygen atoms in total. The number of hydrogen-bond donors (Lipinski definition) is 2. The lowest BCUT2D eigenvalue weighted by Crippen LogP contribution is -2.25. The zero-order valence-electron chi connectivity index (χ0n) is 14.2. The van der Waals surface area contributed by atoms with E-state index < -0.39 is 0 Å². The Hall–Kier alpha value is -2.27. The van der Waals surface area contributed by atoms with Gasteiger partial charge in [-0.3, -0.25) is 9.59 Å². The molecule has 1 saturated carbocycles. The molecule has 3 rings (SSSR count). The quantitative estimate of drug-likeness (QED) is 0.796. The minimum atomic E-state index is -0.0765. The second kappa shape index (κ2) is 8.21. The molecule has 0 aromatic heterocycles. The normalized spacial score (nSPS) is 13.3. The van der Waals surface area contributed by atoms with Crippen LogP contribution in [0.1, 0.15) is 34.3 Å². The number of anilines is 1. The second-order valence-corrected chi connectivity index (χ2v) is 7.34. The van der Waals surface area contributed by atoms with Gasteiger partial charge in [0.2, 0.25) is 5.91 Å². The molecule has 1 fully saturated rings. The molecule has 0 aliphatic heterocycles. The SMILES string of the molecule is Cc1cccc(CSCC(=O)Nc2cccc(C(=O)NC3CC3)c2)c1. The van der Waals surface area contributed by atoms with Crippen LogP contribution in [0.25, 0.3) is 0 Å². The fourth-order valence-corrected chi connectivity index (χ4v) is 3.27. The summed E-state index contributed by atoms with van der Waals surface area (Å²) < 4.78 is 0. The summed E-state index contributed by atoms with van der Waals surface area (Å²) in [6, 6.07) is 15.7. The minimum Gasteiger partial charge on any atom is -0.349 e. The monoisotopic (exact) mass is 354 g/mol. The van der Waals surface area contributed by atoms with Crippen molar-refractivity contribution in [2.24, 2.45) is 0 Å². The highest BCUT2D eigenvalue weighted by Gasteiger charge is 2.23. The van der Waals surface area contributed by atoms with Crippen LogP contribution >= 0.6 is 11.8 Å². The lowest BCUT2D eigenvalue weighted by atomic mass is 10.2. The van der Waals surface area contributed by atoms with Gasteiger partial charge < -0.3 is 10.6 Å². The van der Waals surface area contributed by atoms with Crippen LogP contribution in [-0.2, 0) is 10.5 Å². The molecule has 0 radical (unpaired) electrons. The van der Waals surface area contributed by atoms with Crippen molar-refractivity contribution < 1.29 is 9.59 Å². The van der Waals surface area contributed by atoms with E-state index in [0.717, 1.165) is 18.6 Å². The molecule has 0 atom stereocenters. The highest BCUT2D eigenvalue weighted by Crippen LogP contribution is 2.20. The fraction of sp³-hybridized carbons (Fsp3) is 0.300. The third-order valence-electron chi connectivity index (χ3n) is 3.91. The van der Waals surface area contributed by atoms with Crippen LogP contribution in [0, 0.1) is 6.92 Å². The number of rotatable bonds is 7. The summed E-state index contributed by atoms with van der Waals surface area (Å²) >= 11 is 1.58. The van der Waals surface area contributed by atoms with Gasteiger partial charge in [-0.25, -0.2) is 0 Å². The summed E-state index contributed by atoms with van der Waals surface area (Å²) in [5, 5.41) is 5.82. The van der Waals surface area contributed by atoms with Gasteiger partial charge in [0.25, 0.3) is 5.91 Å². The highest BCUT2D eigenvalue weighted by atomic mass is 32.2. The maximum absolute atomic E-state index is 12.1. The first-order chi connectivity index (χ1) is 12.1. The Kier molecular flexibility index (Phi) is 5.76. The average Bonchev–Trinajstić information content (AvgIpc) is 3.39. The predicted octanol–water partition coefficient (Wildman–Crippen LogP) is 3.76. The van der Waals surface area contributed by atoms with Crippen LogP contribution in [0.3, 0.4) is 0 Å². The summed E-state index contributed by atoms with van der Waals surface area (Å²) in [5.41, 5.74) is 3.68. The largest absolute Gasteiger partial charge is 0.349 e. The van der Waals surface area contributed by atoms with E-state index in [9.17, 15) is 9.59 Å². The maximum Gasteiger partial charge on any atom is 0.251 e. The molecule has 0 unspecified atom stereocenters. The van der Waals surface area contributed by atoms with Crippen molar-refractivity contribution in [1.82, 2.24) is 5.32 Å². The summed E-state index contributed by atoms with van der Waals surface area (Å²) in [7, 11) is 0. The van der Waals surface area contributed by atoms with Crippen molar-refractivity contribution in [3.63, 3.8) is 0 Å². The zero-order chi connectivity index (χ0) is 17.6. The number of hydrogen-bond acceptors (Lipinski definition) is 3. The minimum absolute atomic E-state index is 0.0580. The number of benzene rings is 2. The Morgan fingerprint density at radius 2 is 1.92 bits per heavy atom. The van der Waals surface area contributed by atoms with E-state index in [0.29, 0.717) is 23.0 Å². The molecular formula is C20H22N2O2S. The molecule has 0 bridgehead atoms. The van der Waals surface area contributed by atoms with Crippen molar-refractivity contribution in [3.05, 3.63) is 65.2 Å². The molecule has 1 aliphatic rings. The number of amides is 2. The van der Waals surface area contributed by atoms with Crippen LogP contribution < -0.4 is 10.6 Å². The molecule has 130 valence electrons. The molecule has 5 heteroatoms. The van der Waals surface area contributed by atoms with Crippen molar-refractivity contribution >= 4 is 29.3 Å². The predicted molar refractivity (Wildman–Crippen MR) is 103 cm³/mol. The molecule has 0 saturated heterocycles. The molecule has 25 heavy (non-hydrogen) atoms. The lowest BCUT2D eigenvalue weighted by Gasteiger charge is -2.08. The molecular weight excluding hydrogens is 332 g/mol. The Bertz CT molecular complexity index is 772. The van der Waals surface area contributed by atoms with E-state index in [-0.39, 0.29) is 11.8 Å². The first kappa shape index (κ1) is 17.5. The van der Waals surface area contributed by atoms with Gasteiger partial charge in [-0.15, -0.1) is 11.8 Å². The Morgan fingerprint density at radius 3 is 2.68 bits per heavy atom. The van der Waals surface area contributed by atoms with Gasteiger partial charge in [0, 0.05) is 23.0 Å². The topological polar surface area (TPSA) is 58.2 Å². The average molecular weight is 354 g/mol. The third kappa shape index (κ3) is 5.64. The van der Waals surface area contributed by atoms with E-state index in [1.165, 1.54) is 11.1 Å². The van der Waals surface area contributed by atoms with Gasteiger partial charge in [-0.05, 0) is 43.5 Å². The Morgan fingerprint density at radius 1 is 1.12 bits per heavy atom. The van der Waals surface area contributed by atoms with Crippen LogP contribution in [0.2, 0.25) is 0 Å². The van der Waals surface area contributed by atoms with Gasteiger partial charge in [0.15, 0.2) is 0 Å². The Balaban J connectivity index is 1.48. The molecule has 0 heterocycles. The van der Waals surface area contributed by atoms with Gasteiger partial charge in [0.1, 0.15) is 0 Å². The van der Waals surface area contributed by atoms with E-state index >= 15 is 0 Å². The summed E-state index contributed by atoms with van der Waals surface area (Å²) in [6.07, 6.45) is 2.11. The summed E-state index contributed by atoms with van der Waals surface area (Å²) in [6.45, 7) is 2.06. The Labute approximate surface area is 152 Å². The van der Waals surface area contributed by atoms with Crippen LogP contribution in [0.5, 0.6) is 0 Å². The number of carbonyl (C=O) groups is 2. The fourth-order valence-electron chi connectivity index (χ4n) is 2.50. The highest BCUT2D eigenvalue weighted by molar-refractivity contribution is 7.99. The summed E-state index contributed by atoms with van der Waals surface area (Å²) in [4.78, 5) is 24.2.